The van der Waals surface area contributed by atoms with Crippen molar-refractivity contribution in [2.24, 2.45) is 0 Å². The summed E-state index contributed by atoms with van der Waals surface area (Å²) in [4.78, 5) is 45.9. The maximum Gasteiger partial charge on any atom is 0.303 e. The number of esters is 4. The fraction of sp³-hybridized carbons (Fsp3) is 0.765. The van der Waals surface area contributed by atoms with Crippen molar-refractivity contribution in [3.63, 3.8) is 0 Å². The third-order valence-electron chi connectivity index (χ3n) is 3.61. The van der Waals surface area contributed by atoms with Crippen LogP contribution in [0.2, 0.25) is 0 Å². The van der Waals surface area contributed by atoms with Crippen molar-refractivity contribution in [3.8, 4) is 0 Å². The summed E-state index contributed by atoms with van der Waals surface area (Å²) < 4.78 is 31.5. The molecule has 1 rings (SSSR count). The zero-order valence-corrected chi connectivity index (χ0v) is 16.6. The zero-order chi connectivity index (χ0) is 22.1. The predicted octanol–water partition coefficient (Wildman–Crippen LogP) is -1.56. The van der Waals surface area contributed by atoms with Crippen molar-refractivity contribution in [2.75, 3.05) is 19.8 Å². The van der Waals surface area contributed by atoms with Gasteiger partial charge in [-0.2, -0.15) is 0 Å². The van der Waals surface area contributed by atoms with E-state index in [0.717, 1.165) is 27.7 Å². The molecule has 0 aromatic heterocycles. The summed E-state index contributed by atoms with van der Waals surface area (Å²) in [6.45, 7) is 3.04. The van der Waals surface area contributed by atoms with Gasteiger partial charge >= 0.3 is 23.9 Å². The number of aliphatic hydroxyl groups is 2. The van der Waals surface area contributed by atoms with E-state index < -0.39 is 73.9 Å². The summed E-state index contributed by atoms with van der Waals surface area (Å²) in [7, 11) is 0. The first-order chi connectivity index (χ1) is 13.5. The van der Waals surface area contributed by atoms with E-state index in [4.69, 9.17) is 33.5 Å². The van der Waals surface area contributed by atoms with Gasteiger partial charge in [0, 0.05) is 27.7 Å². The highest BCUT2D eigenvalue weighted by atomic mass is 16.7. The summed E-state index contributed by atoms with van der Waals surface area (Å²) in [5.74, 6) is -2.94. The molecule has 1 heterocycles. The third kappa shape index (κ3) is 8.31. The molecule has 1 aliphatic heterocycles. The highest BCUT2D eigenvalue weighted by Gasteiger charge is 2.52. The Morgan fingerprint density at radius 1 is 0.862 bits per heavy atom. The van der Waals surface area contributed by atoms with Gasteiger partial charge in [0.05, 0.1) is 13.2 Å². The van der Waals surface area contributed by atoms with Crippen LogP contribution in [-0.2, 0) is 47.6 Å². The quantitative estimate of drug-likeness (QED) is 0.325. The van der Waals surface area contributed by atoms with Crippen molar-refractivity contribution in [2.45, 2.75) is 64.5 Å². The molecular weight excluding hydrogens is 396 g/mol. The second-order valence-electron chi connectivity index (χ2n) is 6.24. The molecule has 0 aromatic carbocycles. The van der Waals surface area contributed by atoms with Gasteiger partial charge in [0.2, 0.25) is 0 Å². The number of carbonyl (C=O) groups is 4. The molecule has 0 aromatic rings. The smallest absolute Gasteiger partial charge is 0.303 e. The van der Waals surface area contributed by atoms with Crippen LogP contribution in [0.5, 0.6) is 0 Å². The van der Waals surface area contributed by atoms with Crippen LogP contribution in [0, 0.1) is 0 Å². The first-order valence-electron chi connectivity index (χ1n) is 8.76. The number of carbonyl (C=O) groups excluding carboxylic acids is 4. The number of hydrogen-bond acceptors (Lipinski definition) is 12. The van der Waals surface area contributed by atoms with Gasteiger partial charge in [-0.1, -0.05) is 0 Å². The van der Waals surface area contributed by atoms with E-state index in [1.807, 2.05) is 0 Å². The van der Waals surface area contributed by atoms with Gasteiger partial charge < -0.3 is 38.6 Å². The van der Waals surface area contributed by atoms with Gasteiger partial charge in [-0.05, 0) is 0 Å². The fourth-order valence-electron chi connectivity index (χ4n) is 2.58. The number of hydrogen-bond donors (Lipinski definition) is 2. The van der Waals surface area contributed by atoms with Gasteiger partial charge in [0.25, 0.3) is 0 Å². The molecule has 1 saturated heterocycles. The summed E-state index contributed by atoms with van der Waals surface area (Å²) in [6.07, 6.45) is -7.82. The van der Waals surface area contributed by atoms with E-state index in [2.05, 4.69) is 0 Å². The molecular formula is C17H26O12. The highest BCUT2D eigenvalue weighted by molar-refractivity contribution is 5.68. The number of aliphatic hydroxyl groups excluding tert-OH is 2. The third-order valence-corrected chi connectivity index (χ3v) is 3.61. The van der Waals surface area contributed by atoms with Crippen LogP contribution < -0.4 is 0 Å². The molecule has 0 bridgehead atoms. The van der Waals surface area contributed by atoms with E-state index in [1.165, 1.54) is 0 Å². The average molecular weight is 422 g/mol. The minimum Gasteiger partial charge on any atom is -0.463 e. The topological polar surface area (TPSA) is 164 Å². The van der Waals surface area contributed by atoms with Gasteiger partial charge in [-0.3, -0.25) is 19.2 Å². The Hall–Kier alpha value is -2.28. The first kappa shape index (κ1) is 24.8. The Kier molecular flexibility index (Phi) is 9.95. The van der Waals surface area contributed by atoms with Crippen LogP contribution in [0.4, 0.5) is 0 Å². The molecule has 6 atom stereocenters. The molecule has 0 spiro atoms. The Morgan fingerprint density at radius 2 is 1.38 bits per heavy atom. The molecule has 1 fully saturated rings. The Morgan fingerprint density at radius 3 is 1.86 bits per heavy atom. The van der Waals surface area contributed by atoms with Crippen molar-refractivity contribution < 1.29 is 57.8 Å². The molecule has 1 aliphatic rings. The second-order valence-corrected chi connectivity index (χ2v) is 6.24. The van der Waals surface area contributed by atoms with E-state index in [9.17, 15) is 24.3 Å². The molecule has 2 N–H and O–H groups in total. The van der Waals surface area contributed by atoms with Crippen LogP contribution in [0.1, 0.15) is 27.7 Å². The number of ether oxygens (including phenoxy) is 6. The lowest BCUT2D eigenvalue weighted by atomic mass is 9.98. The summed E-state index contributed by atoms with van der Waals surface area (Å²) in [6, 6.07) is 0. The molecule has 166 valence electrons. The molecule has 0 amide bonds. The standard InChI is InChI=1S/C17H26O12/c1-8(19)24-7-13-14(26-9(2)20)15(27-10(3)21)16(28-11(4)22)17(29-13)25-6-12(23)5-18/h12-18,23H,5-7H2,1-4H3/t12-,13-,14-,15-,16+,17+/m1/s1. The second kappa shape index (κ2) is 11.7. The Labute approximate surface area is 166 Å². The van der Waals surface area contributed by atoms with E-state index >= 15 is 0 Å². The minimum absolute atomic E-state index is 0.389. The van der Waals surface area contributed by atoms with Crippen LogP contribution in [0.15, 0.2) is 0 Å². The lowest BCUT2D eigenvalue weighted by Gasteiger charge is -2.44. The Bertz CT molecular complexity index is 591. The van der Waals surface area contributed by atoms with Gasteiger partial charge in [-0.25, -0.2) is 0 Å². The maximum absolute atomic E-state index is 11.6. The molecule has 12 heteroatoms. The van der Waals surface area contributed by atoms with Crippen molar-refractivity contribution in [1.29, 1.82) is 0 Å². The normalized spacial score (nSPS) is 27.4. The lowest BCUT2D eigenvalue weighted by molar-refractivity contribution is -0.311. The van der Waals surface area contributed by atoms with Crippen molar-refractivity contribution in [1.82, 2.24) is 0 Å². The molecule has 29 heavy (non-hydrogen) atoms. The fourth-order valence-corrected chi connectivity index (χ4v) is 2.58. The van der Waals surface area contributed by atoms with E-state index in [1.54, 1.807) is 0 Å². The molecule has 12 nitrogen and oxygen atoms in total. The summed E-state index contributed by atoms with van der Waals surface area (Å²) in [5, 5.41) is 18.5. The van der Waals surface area contributed by atoms with Crippen LogP contribution >= 0.6 is 0 Å². The van der Waals surface area contributed by atoms with Gasteiger partial charge in [0.15, 0.2) is 24.6 Å². The first-order valence-corrected chi connectivity index (χ1v) is 8.76. The number of rotatable bonds is 9. The highest BCUT2D eigenvalue weighted by Crippen LogP contribution is 2.30. The van der Waals surface area contributed by atoms with Crippen molar-refractivity contribution in [3.05, 3.63) is 0 Å². The predicted molar refractivity (Wildman–Crippen MR) is 91.0 cm³/mol. The monoisotopic (exact) mass is 422 g/mol. The molecule has 0 aliphatic carbocycles. The van der Waals surface area contributed by atoms with Crippen molar-refractivity contribution >= 4 is 23.9 Å². The van der Waals surface area contributed by atoms with Gasteiger partial charge in [0.1, 0.15) is 18.8 Å². The average Bonchev–Trinajstić information content (AvgIpc) is 2.60. The van der Waals surface area contributed by atoms with E-state index in [0.29, 0.717) is 0 Å². The maximum atomic E-state index is 11.6. The van der Waals surface area contributed by atoms with Crippen LogP contribution in [-0.4, -0.2) is 90.7 Å². The van der Waals surface area contributed by atoms with Crippen LogP contribution in [0.25, 0.3) is 0 Å². The summed E-state index contributed by atoms with van der Waals surface area (Å²) in [5.41, 5.74) is 0. The summed E-state index contributed by atoms with van der Waals surface area (Å²) >= 11 is 0. The van der Waals surface area contributed by atoms with Gasteiger partial charge in [-0.15, -0.1) is 0 Å². The van der Waals surface area contributed by atoms with Crippen LogP contribution in [0.3, 0.4) is 0 Å². The minimum atomic E-state index is -1.39. The zero-order valence-electron chi connectivity index (χ0n) is 16.6. The molecule has 0 saturated carbocycles. The Balaban J connectivity index is 3.24. The molecule has 0 radical (unpaired) electrons. The largest absolute Gasteiger partial charge is 0.463 e. The lowest BCUT2D eigenvalue weighted by Crippen LogP contribution is -2.63. The molecule has 0 unspecified atom stereocenters. The van der Waals surface area contributed by atoms with E-state index in [-0.39, 0.29) is 6.61 Å². The SMILES string of the molecule is CC(=O)OC[C@H]1O[C@H](OC[C@H](O)CO)[C@@H](OC(C)=O)[C@H](OC(C)=O)[C@@H]1OC(C)=O.